The highest BCUT2D eigenvalue weighted by molar-refractivity contribution is 7.98. The first-order chi connectivity index (χ1) is 18.4. The van der Waals surface area contributed by atoms with Crippen LogP contribution in [0.4, 0.5) is 0 Å². The molecule has 5 rings (SSSR count). The van der Waals surface area contributed by atoms with Gasteiger partial charge in [-0.25, -0.2) is 0 Å². The molecule has 0 bridgehead atoms. The predicted molar refractivity (Wildman–Crippen MR) is 150 cm³/mol. The summed E-state index contributed by atoms with van der Waals surface area (Å²) >= 11 is 1.67. The maximum atomic E-state index is 13.8. The van der Waals surface area contributed by atoms with Crippen molar-refractivity contribution in [3.05, 3.63) is 88.1 Å². The fourth-order valence-electron chi connectivity index (χ4n) is 5.19. The second-order valence-corrected chi connectivity index (χ2v) is 10.3. The number of nitrogens with zero attached hydrogens (tertiary/aromatic N) is 2. The third kappa shape index (κ3) is 4.49. The summed E-state index contributed by atoms with van der Waals surface area (Å²) in [5, 5.41) is 18.5. The van der Waals surface area contributed by atoms with Crippen molar-refractivity contribution >= 4 is 17.7 Å². The fourth-order valence-corrected chi connectivity index (χ4v) is 5.60. The van der Waals surface area contributed by atoms with E-state index in [1.165, 1.54) is 0 Å². The van der Waals surface area contributed by atoms with Gasteiger partial charge in [-0.2, -0.15) is 5.10 Å². The minimum absolute atomic E-state index is 0.109. The number of aromatic nitrogens is 2. The zero-order valence-electron chi connectivity index (χ0n) is 22.2. The van der Waals surface area contributed by atoms with E-state index >= 15 is 0 Å². The van der Waals surface area contributed by atoms with Gasteiger partial charge in [-0.1, -0.05) is 24.3 Å². The topological polar surface area (TPSA) is 87.7 Å². The van der Waals surface area contributed by atoms with Crippen LogP contribution in [0.15, 0.2) is 59.5 Å². The number of benzene rings is 3. The molecule has 4 aromatic rings. The molecule has 196 valence electrons. The lowest BCUT2D eigenvalue weighted by Gasteiger charge is -2.27. The summed E-state index contributed by atoms with van der Waals surface area (Å²) in [5.41, 5.74) is 6.30. The highest BCUT2D eigenvalue weighted by Crippen LogP contribution is 2.45. The van der Waals surface area contributed by atoms with E-state index in [1.54, 1.807) is 26.0 Å². The molecule has 2 heterocycles. The number of hydrogen-bond donors (Lipinski definition) is 2. The van der Waals surface area contributed by atoms with Crippen LogP contribution in [0.25, 0.3) is 11.3 Å². The van der Waals surface area contributed by atoms with Gasteiger partial charge in [0.05, 0.1) is 20.3 Å². The van der Waals surface area contributed by atoms with Crippen molar-refractivity contribution in [2.75, 3.05) is 27.0 Å². The van der Waals surface area contributed by atoms with Gasteiger partial charge in [-0.3, -0.25) is 9.89 Å². The average molecular weight is 530 g/mol. The molecule has 8 heteroatoms. The number of amides is 1. The van der Waals surface area contributed by atoms with E-state index in [4.69, 9.17) is 9.47 Å². The van der Waals surface area contributed by atoms with Crippen LogP contribution in [-0.2, 0) is 6.42 Å². The number of thioether (sulfide) groups is 1. The second kappa shape index (κ2) is 10.5. The Balaban J connectivity index is 1.57. The van der Waals surface area contributed by atoms with E-state index in [0.29, 0.717) is 41.4 Å². The standard InChI is InChI=1S/C30H31N3O4S/c1-17-14-18(2)29(34)22(15-17)26-25-27(32-31-26)30(35)33(28(25)20-7-9-21(38-5)10-8-20)13-12-19-6-11-23(36-3)24(16-19)37-4/h6-11,14-16,28,34H,12-13H2,1-5H3,(H,31,32). The summed E-state index contributed by atoms with van der Waals surface area (Å²) in [4.78, 5) is 16.8. The fraction of sp³-hybridized carbons (Fsp3) is 0.267. The molecule has 38 heavy (non-hydrogen) atoms. The van der Waals surface area contributed by atoms with E-state index in [2.05, 4.69) is 34.5 Å². The lowest BCUT2D eigenvalue weighted by molar-refractivity contribution is 0.0746. The van der Waals surface area contributed by atoms with Crippen LogP contribution in [0.5, 0.6) is 17.2 Å². The Bertz CT molecular complexity index is 1500. The summed E-state index contributed by atoms with van der Waals surface area (Å²) in [7, 11) is 3.23. The van der Waals surface area contributed by atoms with Gasteiger partial charge in [0.1, 0.15) is 17.1 Å². The average Bonchev–Trinajstić information content (AvgIpc) is 3.47. The quantitative estimate of drug-likeness (QED) is 0.275. The first-order valence-electron chi connectivity index (χ1n) is 12.4. The van der Waals surface area contributed by atoms with Crippen LogP contribution in [0.2, 0.25) is 0 Å². The lowest BCUT2D eigenvalue weighted by Crippen LogP contribution is -2.31. The van der Waals surface area contributed by atoms with Crippen LogP contribution in [0.1, 0.15) is 44.3 Å². The van der Waals surface area contributed by atoms with Crippen LogP contribution in [0.3, 0.4) is 0 Å². The van der Waals surface area contributed by atoms with Gasteiger partial charge in [0.25, 0.3) is 5.91 Å². The lowest BCUT2D eigenvalue weighted by atomic mass is 9.94. The van der Waals surface area contributed by atoms with Crippen molar-refractivity contribution in [3.8, 4) is 28.5 Å². The number of methoxy groups -OCH3 is 2. The molecule has 3 aromatic carbocycles. The maximum absolute atomic E-state index is 13.8. The van der Waals surface area contributed by atoms with Crippen LogP contribution < -0.4 is 9.47 Å². The Morgan fingerprint density at radius 3 is 2.45 bits per heavy atom. The molecule has 1 aliphatic heterocycles. The van der Waals surface area contributed by atoms with E-state index < -0.39 is 0 Å². The Labute approximate surface area is 226 Å². The van der Waals surface area contributed by atoms with Crippen molar-refractivity contribution in [3.63, 3.8) is 0 Å². The number of aromatic amines is 1. The highest BCUT2D eigenvalue weighted by Gasteiger charge is 2.42. The van der Waals surface area contributed by atoms with E-state index in [0.717, 1.165) is 32.7 Å². The number of aryl methyl sites for hydroxylation is 2. The van der Waals surface area contributed by atoms with Gasteiger partial charge in [0.15, 0.2) is 11.5 Å². The molecule has 1 aliphatic rings. The minimum Gasteiger partial charge on any atom is -0.507 e. The highest BCUT2D eigenvalue weighted by atomic mass is 32.2. The molecule has 1 aromatic heterocycles. The normalized spacial score (nSPS) is 14.6. The number of phenols is 1. The molecule has 7 nitrogen and oxygen atoms in total. The smallest absolute Gasteiger partial charge is 0.273 e. The third-order valence-corrected chi connectivity index (χ3v) is 7.83. The number of phenolic OH excluding ortho intramolecular Hbond substituents is 1. The largest absolute Gasteiger partial charge is 0.507 e. The van der Waals surface area contributed by atoms with E-state index in [9.17, 15) is 9.90 Å². The van der Waals surface area contributed by atoms with Gasteiger partial charge in [0, 0.05) is 22.6 Å². The number of fused-ring (bicyclic) bond motifs is 1. The van der Waals surface area contributed by atoms with Crippen LogP contribution in [0, 0.1) is 13.8 Å². The summed E-state index contributed by atoms with van der Waals surface area (Å²) in [6.45, 7) is 4.35. The number of ether oxygens (including phenoxy) is 2. The number of hydrogen-bond acceptors (Lipinski definition) is 6. The van der Waals surface area contributed by atoms with Crippen LogP contribution >= 0.6 is 11.8 Å². The molecule has 0 radical (unpaired) electrons. The molecule has 0 fully saturated rings. The number of carbonyl (C=O) groups is 1. The van der Waals surface area contributed by atoms with Gasteiger partial charge in [-0.15, -0.1) is 11.8 Å². The van der Waals surface area contributed by atoms with Crippen molar-refractivity contribution in [1.82, 2.24) is 15.1 Å². The van der Waals surface area contributed by atoms with Gasteiger partial charge >= 0.3 is 0 Å². The molecule has 1 amide bonds. The zero-order valence-corrected chi connectivity index (χ0v) is 23.0. The molecular formula is C30H31N3O4S. The summed E-state index contributed by atoms with van der Waals surface area (Å²) in [6.07, 6.45) is 2.67. The Morgan fingerprint density at radius 2 is 1.76 bits per heavy atom. The van der Waals surface area contributed by atoms with Gasteiger partial charge in [-0.05, 0) is 79.1 Å². The molecule has 0 spiro atoms. The summed E-state index contributed by atoms with van der Waals surface area (Å²) < 4.78 is 10.8. The maximum Gasteiger partial charge on any atom is 0.273 e. The zero-order chi connectivity index (χ0) is 27.0. The van der Waals surface area contributed by atoms with Crippen molar-refractivity contribution < 1.29 is 19.4 Å². The summed E-state index contributed by atoms with van der Waals surface area (Å²) in [5.74, 6) is 1.39. The summed E-state index contributed by atoms with van der Waals surface area (Å²) in [6, 6.07) is 17.6. The van der Waals surface area contributed by atoms with Crippen molar-refractivity contribution in [2.45, 2.75) is 31.2 Å². The molecule has 1 atom stereocenters. The Hall–Kier alpha value is -3.91. The van der Waals surface area contributed by atoms with E-state index in [-0.39, 0.29) is 17.7 Å². The van der Waals surface area contributed by atoms with Gasteiger partial charge < -0.3 is 19.5 Å². The monoisotopic (exact) mass is 529 g/mol. The predicted octanol–water partition coefficient (Wildman–Crippen LogP) is 5.93. The first kappa shape index (κ1) is 25.7. The van der Waals surface area contributed by atoms with Crippen molar-refractivity contribution in [2.24, 2.45) is 0 Å². The van der Waals surface area contributed by atoms with Gasteiger partial charge in [0.2, 0.25) is 0 Å². The first-order valence-corrected chi connectivity index (χ1v) is 13.6. The molecule has 1 unspecified atom stereocenters. The number of nitrogens with one attached hydrogen (secondary N) is 1. The number of carbonyl (C=O) groups excluding carboxylic acids is 1. The number of rotatable bonds is 8. The second-order valence-electron chi connectivity index (χ2n) is 9.45. The number of aromatic hydroxyl groups is 1. The number of H-pyrrole nitrogens is 1. The Kier molecular flexibility index (Phi) is 7.08. The molecule has 2 N–H and O–H groups in total. The minimum atomic E-state index is -0.345. The third-order valence-electron chi connectivity index (χ3n) is 7.08. The van der Waals surface area contributed by atoms with Crippen LogP contribution in [-0.4, -0.2) is 53.1 Å². The molecular weight excluding hydrogens is 498 g/mol. The molecule has 0 saturated heterocycles. The molecule has 0 aliphatic carbocycles. The van der Waals surface area contributed by atoms with E-state index in [1.807, 2.05) is 55.3 Å². The Morgan fingerprint density at radius 1 is 1.03 bits per heavy atom. The molecule has 0 saturated carbocycles. The SMILES string of the molecule is COc1ccc(CCN2C(=O)c3[nH]nc(-c4cc(C)cc(C)c4O)c3C2c2ccc(SC)cc2)cc1OC. The van der Waals surface area contributed by atoms with Crippen molar-refractivity contribution in [1.29, 1.82) is 0 Å².